The van der Waals surface area contributed by atoms with Gasteiger partial charge in [0.15, 0.2) is 0 Å². The molecular weight excluding hydrogens is 232 g/mol. The number of ether oxygens (including phenoxy) is 1. The van der Waals surface area contributed by atoms with Crippen LogP contribution in [0.2, 0.25) is 0 Å². The van der Waals surface area contributed by atoms with E-state index >= 15 is 0 Å². The lowest BCUT2D eigenvalue weighted by Crippen LogP contribution is -2.30. The van der Waals surface area contributed by atoms with Crippen molar-refractivity contribution < 1.29 is 4.74 Å². The number of hydrogen-bond acceptors (Lipinski definition) is 1. The van der Waals surface area contributed by atoms with E-state index in [2.05, 4.69) is 23.7 Å². The molecule has 19 heavy (non-hydrogen) atoms. The molecule has 1 aromatic carbocycles. The van der Waals surface area contributed by atoms with E-state index in [1.807, 2.05) is 44.2 Å². The van der Waals surface area contributed by atoms with Gasteiger partial charge in [-0.15, -0.1) is 18.8 Å². The second-order valence-electron chi connectivity index (χ2n) is 4.90. The fraction of sp³-hybridized carbons (Fsp3) is 0.333. The van der Waals surface area contributed by atoms with E-state index in [-0.39, 0.29) is 18.1 Å². The number of benzene rings is 1. The lowest BCUT2D eigenvalue weighted by atomic mass is 9.83. The molecule has 0 fully saturated rings. The maximum absolute atomic E-state index is 5.63. The Hall–Kier alpha value is -2.14. The minimum absolute atomic E-state index is 0.229. The Kier molecular flexibility index (Phi) is 5.75. The van der Waals surface area contributed by atoms with Crippen LogP contribution >= 0.6 is 0 Å². The monoisotopic (exact) mass is 250 g/mol. The Balaban J connectivity index is 2.91. The van der Waals surface area contributed by atoms with Crippen LogP contribution in [-0.2, 0) is 4.74 Å². The zero-order valence-electron chi connectivity index (χ0n) is 11.4. The normalized spacial score (nSPS) is 11.6. The Morgan fingerprint density at radius 1 is 1.16 bits per heavy atom. The van der Waals surface area contributed by atoms with Crippen molar-refractivity contribution in [3.05, 3.63) is 35.9 Å². The summed E-state index contributed by atoms with van der Waals surface area (Å²) in [5.74, 6) is 11.4. The fourth-order valence-corrected chi connectivity index (χ4v) is 1.62. The lowest BCUT2D eigenvalue weighted by molar-refractivity contribution is 0.0341. The van der Waals surface area contributed by atoms with Gasteiger partial charge in [-0.2, -0.15) is 0 Å². The molecule has 0 amide bonds. The second kappa shape index (κ2) is 7.33. The summed E-state index contributed by atoms with van der Waals surface area (Å²) in [6.45, 7) is 4.31. The molecule has 1 atom stereocenters. The molecule has 0 spiro atoms. The summed E-state index contributed by atoms with van der Waals surface area (Å²) in [5, 5.41) is 0. The van der Waals surface area contributed by atoms with Crippen molar-refractivity contribution in [2.75, 3.05) is 6.61 Å². The van der Waals surface area contributed by atoms with Crippen molar-refractivity contribution in [3.8, 4) is 36.5 Å². The second-order valence-corrected chi connectivity index (χ2v) is 4.90. The zero-order chi connectivity index (χ0) is 14.1. The molecule has 1 rings (SSSR count). The maximum atomic E-state index is 5.63. The molecule has 0 saturated carbocycles. The Morgan fingerprint density at radius 2 is 1.84 bits per heavy atom. The van der Waals surface area contributed by atoms with Crippen LogP contribution in [-0.4, -0.2) is 12.7 Å². The van der Waals surface area contributed by atoms with Gasteiger partial charge in [-0.05, 0) is 12.1 Å². The predicted molar refractivity (Wildman–Crippen MR) is 79.1 cm³/mol. The summed E-state index contributed by atoms with van der Waals surface area (Å²) in [4.78, 5) is 0. The van der Waals surface area contributed by atoms with E-state index < -0.39 is 0 Å². The smallest absolute Gasteiger partial charge is 0.125 e. The van der Waals surface area contributed by atoms with E-state index in [4.69, 9.17) is 17.6 Å². The van der Waals surface area contributed by atoms with Gasteiger partial charge in [-0.25, -0.2) is 0 Å². The summed E-state index contributed by atoms with van der Waals surface area (Å²) >= 11 is 0. The average Bonchev–Trinajstić information content (AvgIpc) is 2.39. The average molecular weight is 250 g/mol. The Labute approximate surface area is 116 Å². The molecule has 96 valence electrons. The first-order valence-corrected chi connectivity index (χ1v) is 6.15. The first kappa shape index (κ1) is 14.9. The van der Waals surface area contributed by atoms with Gasteiger partial charge in [0.25, 0.3) is 0 Å². The predicted octanol–water partition coefficient (Wildman–Crippen LogP) is 3.11. The molecular formula is C18H18O. The van der Waals surface area contributed by atoms with Crippen molar-refractivity contribution in [2.45, 2.75) is 26.4 Å². The van der Waals surface area contributed by atoms with Crippen LogP contribution in [0.1, 0.15) is 25.8 Å². The maximum Gasteiger partial charge on any atom is 0.125 e. The van der Waals surface area contributed by atoms with Gasteiger partial charge in [0.05, 0.1) is 0 Å². The van der Waals surface area contributed by atoms with Crippen LogP contribution in [0, 0.1) is 41.9 Å². The molecule has 0 aliphatic rings. The molecule has 0 radical (unpaired) electrons. The summed E-state index contributed by atoms with van der Waals surface area (Å²) < 4.78 is 5.63. The number of terminal acetylenes is 2. The highest BCUT2D eigenvalue weighted by Crippen LogP contribution is 2.26. The molecule has 0 aliphatic heterocycles. The summed E-state index contributed by atoms with van der Waals surface area (Å²) in [5.41, 5.74) is 0.723. The minimum atomic E-state index is -0.278. The number of hydrogen-bond donors (Lipinski definition) is 0. The zero-order valence-corrected chi connectivity index (χ0v) is 11.4. The standard InChI is InChI=1S/C18H18O/c1-5-14-18(3,4)17(19-15-6-2)13-12-16-10-8-7-9-11-16/h1-2,7-11,17H,14-15H2,3-4H3. The minimum Gasteiger partial charge on any atom is -0.352 e. The SMILES string of the molecule is C#CCOC(C#Cc1ccccc1)C(C)(C)CC#C. The third-order valence-corrected chi connectivity index (χ3v) is 2.72. The highest BCUT2D eigenvalue weighted by atomic mass is 16.5. The number of rotatable bonds is 4. The highest BCUT2D eigenvalue weighted by Gasteiger charge is 2.28. The van der Waals surface area contributed by atoms with Crippen LogP contribution in [0.4, 0.5) is 0 Å². The van der Waals surface area contributed by atoms with Crippen LogP contribution in [0.3, 0.4) is 0 Å². The van der Waals surface area contributed by atoms with Gasteiger partial charge in [-0.3, -0.25) is 0 Å². The Morgan fingerprint density at radius 3 is 2.42 bits per heavy atom. The molecule has 1 heteroatoms. The summed E-state index contributed by atoms with van der Waals surface area (Å²) in [7, 11) is 0. The van der Waals surface area contributed by atoms with Gasteiger partial charge < -0.3 is 4.74 Å². The molecule has 0 N–H and O–H groups in total. The lowest BCUT2D eigenvalue weighted by Gasteiger charge is -2.28. The molecule has 0 saturated heterocycles. The van der Waals surface area contributed by atoms with Gasteiger partial charge >= 0.3 is 0 Å². The summed E-state index contributed by atoms with van der Waals surface area (Å²) in [6, 6.07) is 9.78. The third-order valence-electron chi connectivity index (χ3n) is 2.72. The Bertz CT molecular complexity index is 529. The van der Waals surface area contributed by atoms with Crippen molar-refractivity contribution >= 4 is 0 Å². The first-order valence-electron chi connectivity index (χ1n) is 6.15. The highest BCUT2D eigenvalue weighted by molar-refractivity contribution is 5.35. The van der Waals surface area contributed by atoms with Gasteiger partial charge in [0, 0.05) is 17.4 Å². The molecule has 0 heterocycles. The van der Waals surface area contributed by atoms with Crippen LogP contribution in [0.15, 0.2) is 30.3 Å². The van der Waals surface area contributed by atoms with E-state index in [9.17, 15) is 0 Å². The molecule has 0 bridgehead atoms. The quantitative estimate of drug-likeness (QED) is 0.746. The van der Waals surface area contributed by atoms with E-state index in [1.54, 1.807) is 0 Å². The summed E-state index contributed by atoms with van der Waals surface area (Å²) in [6.07, 6.45) is 10.9. The molecule has 1 unspecified atom stereocenters. The third kappa shape index (κ3) is 4.93. The van der Waals surface area contributed by atoms with E-state index in [0.717, 1.165) is 5.56 Å². The van der Waals surface area contributed by atoms with E-state index in [0.29, 0.717) is 6.42 Å². The van der Waals surface area contributed by atoms with Gasteiger partial charge in [-0.1, -0.05) is 49.8 Å². The van der Waals surface area contributed by atoms with Crippen molar-refractivity contribution in [2.24, 2.45) is 5.41 Å². The van der Waals surface area contributed by atoms with Crippen molar-refractivity contribution in [1.82, 2.24) is 0 Å². The molecule has 0 aromatic heterocycles. The van der Waals surface area contributed by atoms with E-state index in [1.165, 1.54) is 0 Å². The van der Waals surface area contributed by atoms with Gasteiger partial charge in [0.1, 0.15) is 12.7 Å². The molecule has 1 aromatic rings. The van der Waals surface area contributed by atoms with Crippen molar-refractivity contribution in [3.63, 3.8) is 0 Å². The topological polar surface area (TPSA) is 9.23 Å². The molecule has 1 nitrogen and oxygen atoms in total. The van der Waals surface area contributed by atoms with Crippen LogP contribution < -0.4 is 0 Å². The fourth-order valence-electron chi connectivity index (χ4n) is 1.62. The van der Waals surface area contributed by atoms with Crippen LogP contribution in [0.25, 0.3) is 0 Å². The van der Waals surface area contributed by atoms with Crippen LogP contribution in [0.5, 0.6) is 0 Å². The van der Waals surface area contributed by atoms with Crippen molar-refractivity contribution in [1.29, 1.82) is 0 Å². The first-order chi connectivity index (χ1) is 9.10. The van der Waals surface area contributed by atoms with Gasteiger partial charge in [0.2, 0.25) is 0 Å². The largest absolute Gasteiger partial charge is 0.352 e. The molecule has 0 aliphatic carbocycles.